The Bertz CT molecular complexity index is 715. The van der Waals surface area contributed by atoms with Crippen molar-refractivity contribution in [3.63, 3.8) is 0 Å². The molecule has 0 unspecified atom stereocenters. The van der Waals surface area contributed by atoms with E-state index in [1.807, 2.05) is 12.1 Å². The summed E-state index contributed by atoms with van der Waals surface area (Å²) in [7, 11) is 1.57. The van der Waals surface area contributed by atoms with Crippen LogP contribution in [0.5, 0.6) is 11.5 Å². The molecule has 0 heterocycles. The van der Waals surface area contributed by atoms with E-state index in [1.165, 1.54) is 12.1 Å². The van der Waals surface area contributed by atoms with Gasteiger partial charge in [0.05, 0.1) is 12.1 Å². The van der Waals surface area contributed by atoms with Gasteiger partial charge in [-0.1, -0.05) is 33.6 Å². The first-order valence-electron chi connectivity index (χ1n) is 7.80. The summed E-state index contributed by atoms with van der Waals surface area (Å²) in [6, 6.07) is 7.92. The van der Waals surface area contributed by atoms with Gasteiger partial charge in [0.15, 0.2) is 11.5 Å². The minimum atomic E-state index is -0.382. The molecule has 2 aromatic carbocycles. The van der Waals surface area contributed by atoms with Gasteiger partial charge in [-0.3, -0.25) is 0 Å². The molecule has 0 spiro atoms. The summed E-state index contributed by atoms with van der Waals surface area (Å²) in [6.07, 6.45) is 0.703. The molecular weight excluding hydrogens is 413 g/mol. The van der Waals surface area contributed by atoms with Crippen molar-refractivity contribution in [2.24, 2.45) is 0 Å². The van der Waals surface area contributed by atoms with Gasteiger partial charge < -0.3 is 19.9 Å². The summed E-state index contributed by atoms with van der Waals surface area (Å²) >= 11 is 9.55. The third kappa shape index (κ3) is 5.85. The van der Waals surface area contributed by atoms with Crippen LogP contribution in [0.3, 0.4) is 0 Å². The first-order valence-corrected chi connectivity index (χ1v) is 8.97. The number of halogens is 3. The van der Waals surface area contributed by atoms with Gasteiger partial charge in [0.1, 0.15) is 12.4 Å². The van der Waals surface area contributed by atoms with E-state index >= 15 is 0 Å². The van der Waals surface area contributed by atoms with Crippen LogP contribution in [0.25, 0.3) is 0 Å². The van der Waals surface area contributed by atoms with Gasteiger partial charge in [0.25, 0.3) is 0 Å². The van der Waals surface area contributed by atoms with E-state index in [0.717, 1.165) is 16.6 Å². The third-order valence-electron chi connectivity index (χ3n) is 3.56. The molecule has 0 saturated carbocycles. The molecule has 2 aromatic rings. The number of hydrogen-bond acceptors (Lipinski definition) is 4. The molecule has 2 rings (SSSR count). The highest BCUT2D eigenvalue weighted by atomic mass is 79.9. The van der Waals surface area contributed by atoms with Crippen molar-refractivity contribution < 1.29 is 19.0 Å². The van der Waals surface area contributed by atoms with Crippen LogP contribution in [0.1, 0.15) is 17.5 Å². The Hall–Kier alpha value is -1.34. The van der Waals surface area contributed by atoms with E-state index in [-0.39, 0.29) is 19.0 Å². The second kappa shape index (κ2) is 9.97. The fourth-order valence-corrected chi connectivity index (χ4v) is 2.89. The van der Waals surface area contributed by atoms with Crippen LogP contribution in [0.2, 0.25) is 5.02 Å². The van der Waals surface area contributed by atoms with Crippen molar-refractivity contribution in [3.05, 3.63) is 56.8 Å². The zero-order chi connectivity index (χ0) is 18.2. The molecule has 0 radical (unpaired) electrons. The highest BCUT2D eigenvalue weighted by Crippen LogP contribution is 2.34. The largest absolute Gasteiger partial charge is 0.493 e. The first-order chi connectivity index (χ1) is 12.0. The molecule has 0 aliphatic rings. The fourth-order valence-electron chi connectivity index (χ4n) is 2.21. The Morgan fingerprint density at radius 1 is 1.20 bits per heavy atom. The van der Waals surface area contributed by atoms with E-state index in [9.17, 15) is 4.39 Å². The molecule has 0 aromatic heterocycles. The zero-order valence-corrected chi connectivity index (χ0v) is 16.2. The minimum absolute atomic E-state index is 0.163. The Labute approximate surface area is 160 Å². The van der Waals surface area contributed by atoms with Crippen LogP contribution in [0.15, 0.2) is 34.8 Å². The van der Waals surface area contributed by atoms with E-state index < -0.39 is 0 Å². The monoisotopic (exact) mass is 431 g/mol. The van der Waals surface area contributed by atoms with Crippen LogP contribution in [0.4, 0.5) is 4.39 Å². The van der Waals surface area contributed by atoms with Crippen LogP contribution in [-0.4, -0.2) is 25.4 Å². The minimum Gasteiger partial charge on any atom is -0.493 e. The molecule has 0 atom stereocenters. The van der Waals surface area contributed by atoms with Gasteiger partial charge in [-0.2, -0.15) is 0 Å². The van der Waals surface area contributed by atoms with Crippen molar-refractivity contribution >= 4 is 27.5 Å². The fraction of sp³-hybridized carbons (Fsp3) is 0.333. The van der Waals surface area contributed by atoms with Gasteiger partial charge in [0.2, 0.25) is 0 Å². The third-order valence-corrected chi connectivity index (χ3v) is 4.65. The molecule has 4 nitrogen and oxygen atoms in total. The van der Waals surface area contributed by atoms with Gasteiger partial charge in [-0.25, -0.2) is 4.39 Å². The molecule has 2 N–H and O–H groups in total. The second-order valence-corrected chi connectivity index (χ2v) is 6.63. The Kier molecular flexibility index (Phi) is 7.96. The lowest BCUT2D eigenvalue weighted by molar-refractivity contribution is 0.283. The van der Waals surface area contributed by atoms with Crippen molar-refractivity contribution in [2.45, 2.75) is 19.6 Å². The molecule has 25 heavy (non-hydrogen) atoms. The van der Waals surface area contributed by atoms with Gasteiger partial charge in [0, 0.05) is 23.2 Å². The van der Waals surface area contributed by atoms with Crippen molar-refractivity contribution in [1.82, 2.24) is 5.32 Å². The van der Waals surface area contributed by atoms with Crippen molar-refractivity contribution in [1.29, 1.82) is 0 Å². The smallest absolute Gasteiger partial charge is 0.162 e. The molecule has 0 aliphatic carbocycles. The number of benzene rings is 2. The molecule has 0 fully saturated rings. The quantitative estimate of drug-likeness (QED) is 0.580. The average Bonchev–Trinajstić information content (AvgIpc) is 2.59. The van der Waals surface area contributed by atoms with Gasteiger partial charge >= 0.3 is 0 Å². The maximum atomic E-state index is 13.1. The molecule has 0 amide bonds. The van der Waals surface area contributed by atoms with Crippen molar-refractivity contribution in [2.75, 3.05) is 20.3 Å². The predicted molar refractivity (Wildman–Crippen MR) is 99.8 cm³/mol. The first kappa shape index (κ1) is 20.0. The molecule has 0 aliphatic heterocycles. The molecular formula is C18H20BrClFNO3. The van der Waals surface area contributed by atoms with E-state index in [0.29, 0.717) is 35.1 Å². The Balaban J connectivity index is 2.08. The Morgan fingerprint density at radius 3 is 2.68 bits per heavy atom. The molecule has 136 valence electrons. The second-order valence-electron chi connectivity index (χ2n) is 5.37. The SMILES string of the molecule is COc1cc(CNCCCO)c(Br)cc1OCc1ccc(F)cc1Cl. The molecule has 7 heteroatoms. The standard InChI is InChI=1S/C18H20BrClFNO3/c1-24-17-7-13(10-22-5-2-6-23)15(19)9-18(17)25-11-12-3-4-14(21)8-16(12)20/h3-4,7-9,22-23H,2,5-6,10-11H2,1H3. The predicted octanol–water partition coefficient (Wildman–Crippen LogP) is 4.30. The Morgan fingerprint density at radius 2 is 2.00 bits per heavy atom. The summed E-state index contributed by atoms with van der Waals surface area (Å²) in [5.41, 5.74) is 1.71. The number of aliphatic hydroxyl groups excluding tert-OH is 1. The average molecular weight is 433 g/mol. The van der Waals surface area contributed by atoms with Crippen LogP contribution >= 0.6 is 27.5 Å². The molecule has 0 saturated heterocycles. The summed E-state index contributed by atoms with van der Waals surface area (Å²) in [5.74, 6) is 0.779. The number of ether oxygens (including phenoxy) is 2. The maximum absolute atomic E-state index is 13.1. The number of methoxy groups -OCH3 is 1. The summed E-state index contributed by atoms with van der Waals surface area (Å²) in [4.78, 5) is 0. The lowest BCUT2D eigenvalue weighted by Gasteiger charge is -2.15. The van der Waals surface area contributed by atoms with Crippen LogP contribution in [0, 0.1) is 5.82 Å². The van der Waals surface area contributed by atoms with Crippen LogP contribution in [-0.2, 0) is 13.2 Å². The van der Waals surface area contributed by atoms with Gasteiger partial charge in [-0.15, -0.1) is 0 Å². The maximum Gasteiger partial charge on any atom is 0.162 e. The normalized spacial score (nSPS) is 10.8. The van der Waals surface area contributed by atoms with Crippen molar-refractivity contribution in [3.8, 4) is 11.5 Å². The lowest BCUT2D eigenvalue weighted by atomic mass is 10.2. The highest BCUT2D eigenvalue weighted by molar-refractivity contribution is 9.10. The highest BCUT2D eigenvalue weighted by Gasteiger charge is 2.11. The van der Waals surface area contributed by atoms with E-state index in [2.05, 4.69) is 21.2 Å². The molecule has 0 bridgehead atoms. The number of hydrogen-bond donors (Lipinski definition) is 2. The number of rotatable bonds is 9. The topological polar surface area (TPSA) is 50.7 Å². The summed E-state index contributed by atoms with van der Waals surface area (Å²) in [5, 5.41) is 12.4. The summed E-state index contributed by atoms with van der Waals surface area (Å²) < 4.78 is 25.2. The van der Waals surface area contributed by atoms with Crippen LogP contribution < -0.4 is 14.8 Å². The van der Waals surface area contributed by atoms with E-state index in [4.69, 9.17) is 26.2 Å². The van der Waals surface area contributed by atoms with E-state index in [1.54, 1.807) is 13.2 Å². The number of nitrogens with one attached hydrogen (secondary N) is 1. The van der Waals surface area contributed by atoms with Gasteiger partial charge in [-0.05, 0) is 42.8 Å². The lowest BCUT2D eigenvalue weighted by Crippen LogP contribution is -2.16. The summed E-state index contributed by atoms with van der Waals surface area (Å²) in [6.45, 7) is 1.74. The zero-order valence-electron chi connectivity index (χ0n) is 13.8. The number of aliphatic hydroxyl groups is 1.